The summed E-state index contributed by atoms with van der Waals surface area (Å²) in [6.45, 7) is 4.35. The van der Waals surface area contributed by atoms with E-state index < -0.39 is 0 Å². The Balaban J connectivity index is 2.27. The molecule has 13 heavy (non-hydrogen) atoms. The van der Waals surface area contributed by atoms with Crippen molar-refractivity contribution < 1.29 is 9.59 Å². The van der Waals surface area contributed by atoms with Crippen molar-refractivity contribution in [2.75, 3.05) is 6.54 Å². The molecular formula is C10H15NO2. The minimum atomic E-state index is -0.0234. The Morgan fingerprint density at radius 3 is 2.85 bits per heavy atom. The van der Waals surface area contributed by atoms with E-state index in [-0.39, 0.29) is 17.4 Å². The molecule has 1 amide bonds. The number of hydrogen-bond donors (Lipinski definition) is 0. The molecule has 0 aromatic rings. The second kappa shape index (κ2) is 2.56. The van der Waals surface area contributed by atoms with Crippen LogP contribution in [0.25, 0.3) is 0 Å². The van der Waals surface area contributed by atoms with E-state index in [2.05, 4.69) is 6.92 Å². The highest BCUT2D eigenvalue weighted by Gasteiger charge is 2.48. The number of likely N-dealkylation sites (tertiary alicyclic amines) is 1. The van der Waals surface area contributed by atoms with Crippen molar-refractivity contribution in [2.24, 2.45) is 5.92 Å². The van der Waals surface area contributed by atoms with E-state index in [1.165, 1.54) is 0 Å². The van der Waals surface area contributed by atoms with Crippen molar-refractivity contribution in [3.05, 3.63) is 0 Å². The molecular weight excluding hydrogens is 166 g/mol. The van der Waals surface area contributed by atoms with Crippen LogP contribution in [0, 0.1) is 5.92 Å². The number of hydrogen-bond acceptors (Lipinski definition) is 2. The molecule has 0 aromatic heterocycles. The van der Waals surface area contributed by atoms with Crippen LogP contribution in [0.15, 0.2) is 0 Å². The second-order valence-electron chi connectivity index (χ2n) is 4.49. The van der Waals surface area contributed by atoms with E-state index in [4.69, 9.17) is 0 Å². The number of carbonyl (C=O) groups excluding carboxylic acids is 2. The zero-order valence-electron chi connectivity index (χ0n) is 8.17. The highest BCUT2D eigenvalue weighted by molar-refractivity contribution is 5.85. The Hall–Kier alpha value is -0.860. The lowest BCUT2D eigenvalue weighted by atomic mass is 9.80. The summed E-state index contributed by atoms with van der Waals surface area (Å²) in [6.07, 6.45) is 2.39. The molecule has 3 nitrogen and oxygen atoms in total. The van der Waals surface area contributed by atoms with Gasteiger partial charge < -0.3 is 4.90 Å². The molecule has 2 atom stereocenters. The molecule has 3 heteroatoms. The molecule has 0 unspecified atom stereocenters. The molecule has 2 aliphatic rings. The number of ketones is 1. The molecule has 72 valence electrons. The van der Waals surface area contributed by atoms with Gasteiger partial charge in [0.1, 0.15) is 5.78 Å². The minimum absolute atomic E-state index is 0.0234. The maximum Gasteiger partial charge on any atom is 0.219 e. The average Bonchev–Trinajstić information content (AvgIpc) is 2.34. The van der Waals surface area contributed by atoms with Gasteiger partial charge in [0.15, 0.2) is 0 Å². The van der Waals surface area contributed by atoms with Crippen molar-refractivity contribution in [1.29, 1.82) is 0 Å². The van der Waals surface area contributed by atoms with Crippen LogP contribution in [0.5, 0.6) is 0 Å². The van der Waals surface area contributed by atoms with Crippen LogP contribution in [0.3, 0.4) is 0 Å². The maximum atomic E-state index is 11.4. The molecule has 1 heterocycles. The fourth-order valence-corrected chi connectivity index (χ4v) is 2.70. The van der Waals surface area contributed by atoms with E-state index in [1.807, 2.05) is 4.90 Å². The molecule has 2 rings (SSSR count). The predicted octanol–water partition coefficient (Wildman–Crippen LogP) is 0.976. The highest BCUT2D eigenvalue weighted by atomic mass is 16.2. The zero-order chi connectivity index (χ0) is 9.64. The highest BCUT2D eigenvalue weighted by Crippen LogP contribution is 2.41. The van der Waals surface area contributed by atoms with Crippen LogP contribution in [0.2, 0.25) is 0 Å². The lowest BCUT2D eigenvalue weighted by Crippen LogP contribution is -2.44. The lowest BCUT2D eigenvalue weighted by molar-refractivity contribution is -0.132. The molecule has 2 bridgehead atoms. The maximum absolute atomic E-state index is 11.4. The Morgan fingerprint density at radius 1 is 1.62 bits per heavy atom. The van der Waals surface area contributed by atoms with Gasteiger partial charge in [-0.25, -0.2) is 0 Å². The molecule has 0 aromatic carbocycles. The first-order valence-electron chi connectivity index (χ1n) is 4.84. The number of Topliss-reactive ketones (excluding diaryl/α,β-unsaturated/α-hetero) is 1. The van der Waals surface area contributed by atoms with E-state index >= 15 is 0 Å². The minimum Gasteiger partial charge on any atom is -0.337 e. The van der Waals surface area contributed by atoms with Crippen LogP contribution >= 0.6 is 0 Å². The second-order valence-corrected chi connectivity index (χ2v) is 4.49. The van der Waals surface area contributed by atoms with E-state index in [9.17, 15) is 9.59 Å². The van der Waals surface area contributed by atoms with Crippen molar-refractivity contribution in [2.45, 2.75) is 38.6 Å². The molecule has 2 fully saturated rings. The third-order valence-corrected chi connectivity index (χ3v) is 3.49. The smallest absolute Gasteiger partial charge is 0.219 e. The Labute approximate surface area is 78.1 Å². The van der Waals surface area contributed by atoms with Gasteiger partial charge in [-0.15, -0.1) is 0 Å². The summed E-state index contributed by atoms with van der Waals surface area (Å²) >= 11 is 0. The van der Waals surface area contributed by atoms with Gasteiger partial charge in [-0.05, 0) is 19.8 Å². The van der Waals surface area contributed by atoms with Crippen molar-refractivity contribution >= 4 is 11.7 Å². The van der Waals surface area contributed by atoms with Gasteiger partial charge in [-0.3, -0.25) is 9.59 Å². The van der Waals surface area contributed by atoms with Gasteiger partial charge in [-0.1, -0.05) is 0 Å². The van der Waals surface area contributed by atoms with Crippen molar-refractivity contribution in [3.8, 4) is 0 Å². The Morgan fingerprint density at radius 2 is 2.31 bits per heavy atom. The zero-order valence-corrected chi connectivity index (χ0v) is 8.17. The van der Waals surface area contributed by atoms with Crippen LogP contribution in [0.4, 0.5) is 0 Å². The number of nitrogens with zero attached hydrogens (tertiary/aromatic N) is 1. The summed E-state index contributed by atoms with van der Waals surface area (Å²) in [7, 11) is 0. The van der Waals surface area contributed by atoms with Crippen LogP contribution < -0.4 is 0 Å². The summed E-state index contributed by atoms with van der Waals surface area (Å²) in [5, 5.41) is 0. The van der Waals surface area contributed by atoms with E-state index in [0.717, 1.165) is 12.8 Å². The summed E-state index contributed by atoms with van der Waals surface area (Å²) in [4.78, 5) is 24.6. The van der Waals surface area contributed by atoms with Gasteiger partial charge in [0, 0.05) is 31.3 Å². The van der Waals surface area contributed by atoms with E-state index in [0.29, 0.717) is 18.7 Å². The van der Waals surface area contributed by atoms with Gasteiger partial charge in [0.25, 0.3) is 0 Å². The van der Waals surface area contributed by atoms with Crippen LogP contribution in [-0.4, -0.2) is 28.7 Å². The molecule has 1 saturated carbocycles. The quantitative estimate of drug-likeness (QED) is 0.558. The number of amides is 1. The summed E-state index contributed by atoms with van der Waals surface area (Å²) in [5.41, 5.74) is -0.0234. The first-order chi connectivity index (χ1) is 6.03. The Kier molecular flexibility index (Phi) is 1.72. The van der Waals surface area contributed by atoms with Gasteiger partial charge in [0.05, 0.1) is 0 Å². The van der Waals surface area contributed by atoms with Crippen molar-refractivity contribution in [1.82, 2.24) is 4.90 Å². The summed E-state index contributed by atoms with van der Waals surface area (Å²) < 4.78 is 0. The largest absolute Gasteiger partial charge is 0.337 e. The third kappa shape index (κ3) is 1.18. The molecule has 1 aliphatic carbocycles. The van der Waals surface area contributed by atoms with Crippen molar-refractivity contribution in [3.63, 3.8) is 0 Å². The van der Waals surface area contributed by atoms with Gasteiger partial charge >= 0.3 is 0 Å². The van der Waals surface area contributed by atoms with Crippen LogP contribution in [0.1, 0.15) is 33.1 Å². The third-order valence-electron chi connectivity index (χ3n) is 3.49. The number of fused-ring (bicyclic) bond motifs is 2. The molecule has 1 saturated heterocycles. The lowest BCUT2D eigenvalue weighted by Gasteiger charge is -2.35. The molecule has 0 N–H and O–H groups in total. The van der Waals surface area contributed by atoms with Crippen LogP contribution in [-0.2, 0) is 9.59 Å². The monoisotopic (exact) mass is 181 g/mol. The van der Waals surface area contributed by atoms with Gasteiger partial charge in [-0.2, -0.15) is 0 Å². The fraction of sp³-hybridized carbons (Fsp3) is 0.800. The summed E-state index contributed by atoms with van der Waals surface area (Å²) in [6, 6.07) is 0. The average molecular weight is 181 g/mol. The summed E-state index contributed by atoms with van der Waals surface area (Å²) in [5.74, 6) is 0.587. The number of rotatable bonds is 0. The topological polar surface area (TPSA) is 37.4 Å². The van der Waals surface area contributed by atoms with E-state index in [1.54, 1.807) is 6.92 Å². The molecule has 1 aliphatic heterocycles. The molecule has 0 radical (unpaired) electrons. The first-order valence-corrected chi connectivity index (χ1v) is 4.84. The fourth-order valence-electron chi connectivity index (χ4n) is 2.70. The molecule has 0 spiro atoms. The predicted molar refractivity (Wildman–Crippen MR) is 48.1 cm³/mol. The standard InChI is InChI=1S/C10H15NO2/c1-7(12)11-6-8-5-10(11,2)4-3-9(8)13/h8H,3-6H2,1-2H3/t8-,10+/m1/s1. The number of carbonyl (C=O) groups is 2. The normalized spacial score (nSPS) is 38.2. The Bertz CT molecular complexity index is 274. The first kappa shape index (κ1) is 8.73. The van der Waals surface area contributed by atoms with Gasteiger partial charge in [0.2, 0.25) is 5.91 Å². The SMILES string of the molecule is CC(=O)N1C[C@H]2C[C@]1(C)CCC2=O.